The monoisotopic (exact) mass is 293 g/mol. The van der Waals surface area contributed by atoms with Gasteiger partial charge in [-0.25, -0.2) is 0 Å². The fraction of sp³-hybridized carbons (Fsp3) is 0.667. The van der Waals surface area contributed by atoms with Gasteiger partial charge in [0.2, 0.25) is 0 Å². The number of hydrogen-bond acceptors (Lipinski definition) is 2. The molecule has 2 N–H and O–H groups in total. The van der Waals surface area contributed by atoms with Crippen molar-refractivity contribution < 1.29 is 10.2 Å². The number of unbranched alkanes of at least 4 members (excludes halogenated alkanes) is 8. The quantitative estimate of drug-likeness (QED) is 0.401. The number of allylic oxidation sites excluding steroid dienone is 2. The molecule has 0 aliphatic rings. The van der Waals surface area contributed by atoms with E-state index in [4.69, 9.17) is 0 Å². The van der Waals surface area contributed by atoms with Crippen molar-refractivity contribution in [3.8, 4) is 11.8 Å². The molecule has 0 spiro atoms. The highest BCUT2D eigenvalue weighted by Crippen LogP contribution is 2.21. The van der Waals surface area contributed by atoms with Gasteiger partial charge < -0.3 is 10.2 Å². The van der Waals surface area contributed by atoms with Crippen molar-refractivity contribution in [1.29, 1.82) is 0 Å². The smallest absolute Gasteiger partial charge is 0.193 e. The molecular formula is C18H31NO2. The summed E-state index contributed by atoms with van der Waals surface area (Å²) in [6, 6.07) is 3.05. The minimum Gasteiger partial charge on any atom is -0.494 e. The zero-order valence-corrected chi connectivity index (χ0v) is 13.4. The van der Waals surface area contributed by atoms with Crippen molar-refractivity contribution in [2.75, 3.05) is 0 Å². The number of rotatable bonds is 12. The summed E-state index contributed by atoms with van der Waals surface area (Å²) in [5, 5.41) is 19.0. The summed E-state index contributed by atoms with van der Waals surface area (Å²) in [7, 11) is 0. The van der Waals surface area contributed by atoms with Gasteiger partial charge in [0.05, 0.1) is 0 Å². The third kappa shape index (κ3) is 7.84. The van der Waals surface area contributed by atoms with E-state index in [0.717, 1.165) is 19.3 Å². The van der Waals surface area contributed by atoms with Crippen LogP contribution in [0.25, 0.3) is 0 Å². The van der Waals surface area contributed by atoms with E-state index in [2.05, 4.69) is 19.1 Å². The predicted octanol–water partition coefficient (Wildman–Crippen LogP) is 5.38. The van der Waals surface area contributed by atoms with Crippen molar-refractivity contribution in [2.45, 2.75) is 77.7 Å². The summed E-state index contributed by atoms with van der Waals surface area (Å²) < 4.78 is 1.55. The maximum atomic E-state index is 9.50. The van der Waals surface area contributed by atoms with E-state index in [-0.39, 0.29) is 11.8 Å². The zero-order valence-electron chi connectivity index (χ0n) is 13.4. The summed E-state index contributed by atoms with van der Waals surface area (Å²) in [5.74, 6) is 0.297. The minimum absolute atomic E-state index is 0.149. The molecule has 0 amide bonds. The second-order valence-electron chi connectivity index (χ2n) is 5.72. The molecule has 0 bridgehead atoms. The van der Waals surface area contributed by atoms with Gasteiger partial charge in [-0.05, 0) is 32.1 Å². The van der Waals surface area contributed by atoms with Gasteiger partial charge in [-0.3, -0.25) is 4.57 Å². The number of nitrogens with zero attached hydrogens (tertiary/aromatic N) is 1. The highest BCUT2D eigenvalue weighted by Gasteiger charge is 2.04. The first kappa shape index (κ1) is 17.7. The van der Waals surface area contributed by atoms with Crippen LogP contribution in [0.5, 0.6) is 11.8 Å². The molecule has 0 radical (unpaired) electrons. The summed E-state index contributed by atoms with van der Waals surface area (Å²) in [4.78, 5) is 0. The van der Waals surface area contributed by atoms with Crippen LogP contribution >= 0.6 is 0 Å². The van der Waals surface area contributed by atoms with E-state index >= 15 is 0 Å². The van der Waals surface area contributed by atoms with Crippen LogP contribution in [0, 0.1) is 0 Å². The first-order valence-corrected chi connectivity index (χ1v) is 8.48. The van der Waals surface area contributed by atoms with Crippen LogP contribution in [0.15, 0.2) is 24.3 Å². The van der Waals surface area contributed by atoms with Crippen molar-refractivity contribution in [1.82, 2.24) is 4.57 Å². The van der Waals surface area contributed by atoms with Crippen molar-refractivity contribution in [3.63, 3.8) is 0 Å². The Hall–Kier alpha value is -1.38. The standard InChI is InChI=1S/C18H31NO2/c1-2-3-4-5-6-7-8-9-10-11-12-13-16-19-17(20)14-15-18(19)21/h8-9,14-15,20-21H,2-7,10-13,16H2,1H3/b9-8+. The Labute approximate surface area is 129 Å². The molecule has 3 heteroatoms. The van der Waals surface area contributed by atoms with Crippen LogP contribution < -0.4 is 0 Å². The Balaban J connectivity index is 1.93. The number of aromatic hydroxyl groups is 2. The maximum Gasteiger partial charge on any atom is 0.193 e. The van der Waals surface area contributed by atoms with Crippen molar-refractivity contribution in [2.24, 2.45) is 0 Å². The van der Waals surface area contributed by atoms with Crippen molar-refractivity contribution >= 4 is 0 Å². The Morgan fingerprint density at radius 1 is 0.810 bits per heavy atom. The molecule has 0 saturated heterocycles. The lowest BCUT2D eigenvalue weighted by Crippen LogP contribution is -1.96. The average molecular weight is 293 g/mol. The van der Waals surface area contributed by atoms with Gasteiger partial charge in [-0.1, -0.05) is 51.2 Å². The van der Waals surface area contributed by atoms with Crippen LogP contribution in [0.1, 0.15) is 71.1 Å². The molecule has 0 atom stereocenters. The van der Waals surface area contributed by atoms with Gasteiger partial charge in [-0.2, -0.15) is 0 Å². The van der Waals surface area contributed by atoms with Gasteiger partial charge in [0, 0.05) is 18.7 Å². The van der Waals surface area contributed by atoms with E-state index in [1.807, 2.05) is 0 Å². The Bertz CT molecular complexity index is 376. The Kier molecular flexibility index (Phi) is 9.51. The second kappa shape index (κ2) is 11.3. The van der Waals surface area contributed by atoms with Gasteiger partial charge in [0.15, 0.2) is 11.8 Å². The molecule has 0 unspecified atom stereocenters. The summed E-state index contributed by atoms with van der Waals surface area (Å²) in [5.41, 5.74) is 0. The van der Waals surface area contributed by atoms with E-state index in [1.54, 1.807) is 4.57 Å². The van der Waals surface area contributed by atoms with E-state index in [0.29, 0.717) is 6.54 Å². The molecule has 1 heterocycles. The number of aromatic nitrogens is 1. The molecule has 120 valence electrons. The lowest BCUT2D eigenvalue weighted by atomic mass is 10.1. The molecule has 0 aliphatic carbocycles. The SMILES string of the molecule is CCCCCCC/C=C/CCCCCn1c(O)ccc1O. The van der Waals surface area contributed by atoms with Crippen LogP contribution in [0.3, 0.4) is 0 Å². The van der Waals surface area contributed by atoms with Crippen molar-refractivity contribution in [3.05, 3.63) is 24.3 Å². The van der Waals surface area contributed by atoms with Gasteiger partial charge in [0.25, 0.3) is 0 Å². The zero-order chi connectivity index (χ0) is 15.3. The molecular weight excluding hydrogens is 262 g/mol. The lowest BCUT2D eigenvalue weighted by molar-refractivity contribution is 0.362. The normalized spacial score (nSPS) is 11.5. The largest absolute Gasteiger partial charge is 0.494 e. The number of hydrogen-bond donors (Lipinski definition) is 2. The molecule has 1 rings (SSSR count). The third-order valence-electron chi connectivity index (χ3n) is 3.83. The van der Waals surface area contributed by atoms with Crippen LogP contribution in [0.4, 0.5) is 0 Å². The lowest BCUT2D eigenvalue weighted by Gasteiger charge is -2.05. The molecule has 0 fully saturated rings. The Morgan fingerprint density at radius 3 is 1.90 bits per heavy atom. The van der Waals surface area contributed by atoms with Gasteiger partial charge >= 0.3 is 0 Å². The first-order valence-electron chi connectivity index (χ1n) is 8.48. The topological polar surface area (TPSA) is 45.4 Å². The molecule has 1 aromatic heterocycles. The van der Waals surface area contributed by atoms with Crippen LogP contribution in [-0.2, 0) is 6.54 Å². The van der Waals surface area contributed by atoms with E-state index in [1.165, 1.54) is 57.1 Å². The highest BCUT2D eigenvalue weighted by atomic mass is 16.3. The molecule has 21 heavy (non-hydrogen) atoms. The second-order valence-corrected chi connectivity index (χ2v) is 5.72. The fourth-order valence-corrected chi connectivity index (χ4v) is 2.49. The van der Waals surface area contributed by atoms with Gasteiger partial charge in [-0.15, -0.1) is 0 Å². The van der Waals surface area contributed by atoms with E-state index < -0.39 is 0 Å². The maximum absolute atomic E-state index is 9.50. The highest BCUT2D eigenvalue weighted by molar-refractivity contribution is 5.23. The summed E-state index contributed by atoms with van der Waals surface area (Å²) in [6.45, 7) is 2.94. The third-order valence-corrected chi connectivity index (χ3v) is 3.83. The van der Waals surface area contributed by atoms with E-state index in [9.17, 15) is 10.2 Å². The predicted molar refractivity (Wildman–Crippen MR) is 88.7 cm³/mol. The summed E-state index contributed by atoms with van der Waals surface area (Å²) in [6.07, 6.45) is 17.0. The molecule has 0 aliphatic heterocycles. The molecule has 0 aromatic carbocycles. The van der Waals surface area contributed by atoms with Crippen LogP contribution in [-0.4, -0.2) is 14.8 Å². The molecule has 3 nitrogen and oxygen atoms in total. The molecule has 0 saturated carbocycles. The summed E-state index contributed by atoms with van der Waals surface area (Å²) >= 11 is 0. The Morgan fingerprint density at radius 2 is 1.33 bits per heavy atom. The van der Waals surface area contributed by atoms with Gasteiger partial charge in [0.1, 0.15) is 0 Å². The fourth-order valence-electron chi connectivity index (χ4n) is 2.49. The first-order chi connectivity index (χ1) is 10.3. The molecule has 1 aromatic rings. The van der Waals surface area contributed by atoms with Crippen LogP contribution in [0.2, 0.25) is 0 Å². The average Bonchev–Trinajstić information content (AvgIpc) is 2.80. The minimum atomic E-state index is 0.149.